The molecule has 0 saturated carbocycles. The molecule has 0 aliphatic rings. The highest BCUT2D eigenvalue weighted by molar-refractivity contribution is 5.77. The first-order valence-corrected chi connectivity index (χ1v) is 5.72. The lowest BCUT2D eigenvalue weighted by Crippen LogP contribution is -1.93. The van der Waals surface area contributed by atoms with Crippen molar-refractivity contribution in [2.45, 2.75) is 6.92 Å². The number of halogens is 1. The molecular formula is C15H13FO2. The zero-order valence-electron chi connectivity index (χ0n) is 10.0. The van der Waals surface area contributed by atoms with Gasteiger partial charge in [0.05, 0.1) is 6.61 Å². The Labute approximate surface area is 105 Å². The van der Waals surface area contributed by atoms with Crippen LogP contribution in [0.3, 0.4) is 0 Å². The SMILES string of the molecule is CCOc1ccc(-c2ccc(C=O)cc2)c(F)c1. The van der Waals surface area contributed by atoms with Gasteiger partial charge in [-0.1, -0.05) is 24.3 Å². The first kappa shape index (κ1) is 12.3. The minimum Gasteiger partial charge on any atom is -0.494 e. The number of benzene rings is 2. The second-order valence-corrected chi connectivity index (χ2v) is 3.81. The lowest BCUT2D eigenvalue weighted by molar-refractivity contribution is 0.112. The van der Waals surface area contributed by atoms with Crippen molar-refractivity contribution in [3.63, 3.8) is 0 Å². The van der Waals surface area contributed by atoms with Crippen molar-refractivity contribution in [1.82, 2.24) is 0 Å². The minimum atomic E-state index is -0.334. The summed E-state index contributed by atoms with van der Waals surface area (Å²) in [7, 11) is 0. The summed E-state index contributed by atoms with van der Waals surface area (Å²) in [5.74, 6) is 0.183. The first-order chi connectivity index (χ1) is 8.74. The molecular weight excluding hydrogens is 231 g/mol. The molecule has 0 aromatic heterocycles. The molecule has 92 valence electrons. The van der Waals surface area contributed by atoms with Gasteiger partial charge < -0.3 is 4.74 Å². The molecule has 0 bridgehead atoms. The zero-order valence-corrected chi connectivity index (χ0v) is 10.0. The van der Waals surface area contributed by atoms with Crippen LogP contribution in [0.5, 0.6) is 5.75 Å². The summed E-state index contributed by atoms with van der Waals surface area (Å²) in [5.41, 5.74) is 1.81. The van der Waals surface area contributed by atoms with Gasteiger partial charge in [-0.15, -0.1) is 0 Å². The summed E-state index contributed by atoms with van der Waals surface area (Å²) in [4.78, 5) is 10.5. The maximum Gasteiger partial charge on any atom is 0.150 e. The van der Waals surface area contributed by atoms with Gasteiger partial charge in [-0.2, -0.15) is 0 Å². The number of carbonyl (C=O) groups excluding carboxylic acids is 1. The van der Waals surface area contributed by atoms with Crippen LogP contribution in [0, 0.1) is 5.82 Å². The Bertz CT molecular complexity index is 547. The van der Waals surface area contributed by atoms with Crippen molar-refractivity contribution in [3.05, 3.63) is 53.8 Å². The van der Waals surface area contributed by atoms with Gasteiger partial charge in [-0.3, -0.25) is 4.79 Å². The van der Waals surface area contributed by atoms with E-state index in [0.29, 0.717) is 23.5 Å². The van der Waals surface area contributed by atoms with Crippen LogP contribution in [-0.4, -0.2) is 12.9 Å². The average Bonchev–Trinajstić information content (AvgIpc) is 2.40. The monoisotopic (exact) mass is 244 g/mol. The molecule has 18 heavy (non-hydrogen) atoms. The van der Waals surface area contributed by atoms with Crippen LogP contribution in [0.1, 0.15) is 17.3 Å². The van der Waals surface area contributed by atoms with Crippen LogP contribution in [0.25, 0.3) is 11.1 Å². The maximum atomic E-state index is 13.9. The Kier molecular flexibility index (Phi) is 3.72. The van der Waals surface area contributed by atoms with Gasteiger partial charge in [-0.25, -0.2) is 4.39 Å². The second-order valence-electron chi connectivity index (χ2n) is 3.81. The van der Waals surface area contributed by atoms with Gasteiger partial charge in [0, 0.05) is 17.2 Å². The van der Waals surface area contributed by atoms with E-state index in [1.807, 2.05) is 6.92 Å². The van der Waals surface area contributed by atoms with Crippen molar-refractivity contribution >= 4 is 6.29 Å². The third-order valence-corrected chi connectivity index (χ3v) is 2.61. The molecule has 2 aromatic rings. The van der Waals surface area contributed by atoms with Gasteiger partial charge in [0.25, 0.3) is 0 Å². The Morgan fingerprint density at radius 2 is 1.89 bits per heavy atom. The molecule has 0 aliphatic heterocycles. The van der Waals surface area contributed by atoms with Gasteiger partial charge >= 0.3 is 0 Å². The van der Waals surface area contributed by atoms with Crippen molar-refractivity contribution in [2.24, 2.45) is 0 Å². The van der Waals surface area contributed by atoms with E-state index in [1.54, 1.807) is 36.4 Å². The first-order valence-electron chi connectivity index (χ1n) is 5.72. The molecule has 2 rings (SSSR count). The molecule has 0 spiro atoms. The van der Waals surface area contributed by atoms with Gasteiger partial charge in [0.1, 0.15) is 17.9 Å². The van der Waals surface area contributed by atoms with Crippen molar-refractivity contribution in [2.75, 3.05) is 6.61 Å². The molecule has 0 aliphatic carbocycles. The highest BCUT2D eigenvalue weighted by Crippen LogP contribution is 2.26. The molecule has 0 radical (unpaired) electrons. The zero-order chi connectivity index (χ0) is 13.0. The number of aldehydes is 1. The van der Waals surface area contributed by atoms with Crippen LogP contribution in [0.2, 0.25) is 0 Å². The van der Waals surface area contributed by atoms with E-state index in [9.17, 15) is 9.18 Å². The third kappa shape index (κ3) is 2.56. The fourth-order valence-corrected chi connectivity index (χ4v) is 1.73. The number of hydrogen-bond acceptors (Lipinski definition) is 2. The molecule has 0 fully saturated rings. The number of ether oxygens (including phenoxy) is 1. The maximum absolute atomic E-state index is 13.9. The molecule has 0 unspecified atom stereocenters. The second kappa shape index (κ2) is 5.45. The van der Waals surface area contributed by atoms with E-state index in [-0.39, 0.29) is 5.82 Å². The summed E-state index contributed by atoms with van der Waals surface area (Å²) < 4.78 is 19.1. The van der Waals surface area contributed by atoms with E-state index in [2.05, 4.69) is 0 Å². The molecule has 2 nitrogen and oxygen atoms in total. The van der Waals surface area contributed by atoms with Gasteiger partial charge in [0.15, 0.2) is 0 Å². The fraction of sp³-hybridized carbons (Fsp3) is 0.133. The van der Waals surface area contributed by atoms with E-state index >= 15 is 0 Å². The molecule has 0 N–H and O–H groups in total. The van der Waals surface area contributed by atoms with Crippen LogP contribution >= 0.6 is 0 Å². The van der Waals surface area contributed by atoms with E-state index in [0.717, 1.165) is 11.8 Å². The molecule has 0 saturated heterocycles. The topological polar surface area (TPSA) is 26.3 Å². The molecule has 0 amide bonds. The van der Waals surface area contributed by atoms with Crippen LogP contribution in [0.4, 0.5) is 4.39 Å². The molecule has 3 heteroatoms. The lowest BCUT2D eigenvalue weighted by Gasteiger charge is -2.07. The number of hydrogen-bond donors (Lipinski definition) is 0. The molecule has 0 heterocycles. The Morgan fingerprint density at radius 3 is 2.44 bits per heavy atom. The minimum absolute atomic E-state index is 0.334. The summed E-state index contributed by atoms with van der Waals surface area (Å²) >= 11 is 0. The lowest BCUT2D eigenvalue weighted by atomic mass is 10.0. The standard InChI is InChI=1S/C15H13FO2/c1-2-18-13-7-8-14(15(16)9-13)12-5-3-11(10-17)4-6-12/h3-10H,2H2,1H3. The quantitative estimate of drug-likeness (QED) is 0.766. The predicted octanol–water partition coefficient (Wildman–Crippen LogP) is 3.70. The fourth-order valence-electron chi connectivity index (χ4n) is 1.73. The highest BCUT2D eigenvalue weighted by atomic mass is 19.1. The van der Waals surface area contributed by atoms with E-state index in [4.69, 9.17) is 4.74 Å². The normalized spacial score (nSPS) is 10.1. The Balaban J connectivity index is 2.34. The van der Waals surface area contributed by atoms with Crippen molar-refractivity contribution < 1.29 is 13.9 Å². The average molecular weight is 244 g/mol. The summed E-state index contributed by atoms with van der Waals surface area (Å²) in [5, 5.41) is 0. The summed E-state index contributed by atoms with van der Waals surface area (Å²) in [6.45, 7) is 2.36. The number of carbonyl (C=O) groups is 1. The highest BCUT2D eigenvalue weighted by Gasteiger charge is 2.06. The van der Waals surface area contributed by atoms with Crippen molar-refractivity contribution in [3.8, 4) is 16.9 Å². The Hall–Kier alpha value is -2.16. The van der Waals surface area contributed by atoms with Gasteiger partial charge in [-0.05, 0) is 24.6 Å². The van der Waals surface area contributed by atoms with Crippen molar-refractivity contribution in [1.29, 1.82) is 0 Å². The smallest absolute Gasteiger partial charge is 0.150 e. The van der Waals surface area contributed by atoms with Crippen LogP contribution < -0.4 is 4.74 Å². The largest absolute Gasteiger partial charge is 0.494 e. The summed E-state index contributed by atoms with van der Waals surface area (Å²) in [6.07, 6.45) is 0.762. The van der Waals surface area contributed by atoms with Crippen LogP contribution in [0.15, 0.2) is 42.5 Å². The Morgan fingerprint density at radius 1 is 1.17 bits per heavy atom. The van der Waals surface area contributed by atoms with E-state index < -0.39 is 0 Å². The number of rotatable bonds is 4. The predicted molar refractivity (Wildman–Crippen MR) is 68.4 cm³/mol. The molecule has 0 atom stereocenters. The molecule has 2 aromatic carbocycles. The van der Waals surface area contributed by atoms with Gasteiger partial charge in [0.2, 0.25) is 0 Å². The summed E-state index contributed by atoms with van der Waals surface area (Å²) in [6, 6.07) is 11.6. The van der Waals surface area contributed by atoms with Crippen LogP contribution in [-0.2, 0) is 0 Å². The van der Waals surface area contributed by atoms with E-state index in [1.165, 1.54) is 6.07 Å². The third-order valence-electron chi connectivity index (χ3n) is 2.61.